The molecule has 0 heterocycles. The Labute approximate surface area is 95.5 Å². The zero-order valence-corrected chi connectivity index (χ0v) is 9.38. The molecule has 2 rings (SSSR count). The van der Waals surface area contributed by atoms with Crippen molar-refractivity contribution in [2.24, 2.45) is 5.41 Å². The third-order valence-corrected chi connectivity index (χ3v) is 3.34. The molecule has 1 aromatic carbocycles. The predicted molar refractivity (Wildman–Crippen MR) is 61.5 cm³/mol. The molecule has 0 aromatic heterocycles. The van der Waals surface area contributed by atoms with Gasteiger partial charge in [0.1, 0.15) is 5.82 Å². The molecule has 88 valence electrons. The maximum Gasteiger partial charge on any atom is 0.123 e. The van der Waals surface area contributed by atoms with Gasteiger partial charge in [-0.1, -0.05) is 12.1 Å². The van der Waals surface area contributed by atoms with Crippen molar-refractivity contribution in [1.29, 1.82) is 0 Å². The highest BCUT2D eigenvalue weighted by Crippen LogP contribution is 2.47. The largest absolute Gasteiger partial charge is 0.396 e. The molecule has 0 bridgehead atoms. The van der Waals surface area contributed by atoms with Gasteiger partial charge in [0.25, 0.3) is 0 Å². The van der Waals surface area contributed by atoms with Gasteiger partial charge in [-0.25, -0.2) is 4.39 Å². The molecule has 2 nitrogen and oxygen atoms in total. The Balaban J connectivity index is 1.74. The quantitative estimate of drug-likeness (QED) is 0.774. The molecule has 3 heteroatoms. The predicted octanol–water partition coefficient (Wildman–Crippen LogP) is 2.08. The standard InChI is InChI=1S/C13H18FNO/c14-12-3-1-11(2-4-12)9-15-10-13(5-6-13)7-8-16/h1-4,15-16H,5-10H2. The molecule has 1 aliphatic carbocycles. The molecule has 0 atom stereocenters. The number of aliphatic hydroxyl groups is 1. The van der Waals surface area contributed by atoms with Crippen molar-refractivity contribution >= 4 is 0 Å². The molecule has 0 spiro atoms. The molecular weight excluding hydrogens is 205 g/mol. The summed E-state index contributed by atoms with van der Waals surface area (Å²) >= 11 is 0. The molecule has 1 saturated carbocycles. The fourth-order valence-electron chi connectivity index (χ4n) is 2.00. The van der Waals surface area contributed by atoms with Crippen LogP contribution in [0.15, 0.2) is 24.3 Å². The van der Waals surface area contributed by atoms with Gasteiger partial charge in [-0.3, -0.25) is 0 Å². The van der Waals surface area contributed by atoms with E-state index in [1.165, 1.54) is 25.0 Å². The zero-order valence-electron chi connectivity index (χ0n) is 9.38. The van der Waals surface area contributed by atoms with Crippen molar-refractivity contribution in [3.05, 3.63) is 35.6 Å². The van der Waals surface area contributed by atoms with Gasteiger partial charge in [-0.15, -0.1) is 0 Å². The molecule has 1 aliphatic rings. The molecule has 2 N–H and O–H groups in total. The minimum Gasteiger partial charge on any atom is -0.396 e. The summed E-state index contributed by atoms with van der Waals surface area (Å²) in [5.74, 6) is -0.192. The average molecular weight is 223 g/mol. The van der Waals surface area contributed by atoms with E-state index in [0.29, 0.717) is 5.41 Å². The van der Waals surface area contributed by atoms with E-state index in [2.05, 4.69) is 5.32 Å². The molecule has 0 aliphatic heterocycles. The summed E-state index contributed by atoms with van der Waals surface area (Å²) < 4.78 is 12.7. The van der Waals surface area contributed by atoms with Crippen LogP contribution in [0.1, 0.15) is 24.8 Å². The lowest BCUT2D eigenvalue weighted by Gasteiger charge is -2.14. The van der Waals surface area contributed by atoms with Crippen LogP contribution in [0.2, 0.25) is 0 Å². The van der Waals surface area contributed by atoms with Gasteiger partial charge >= 0.3 is 0 Å². The van der Waals surface area contributed by atoms with Crippen LogP contribution in [0.25, 0.3) is 0 Å². The first-order valence-corrected chi connectivity index (χ1v) is 5.80. The van der Waals surface area contributed by atoms with Crippen molar-refractivity contribution in [2.45, 2.75) is 25.8 Å². The minimum absolute atomic E-state index is 0.192. The minimum atomic E-state index is -0.192. The third kappa shape index (κ3) is 3.03. The molecular formula is C13H18FNO. The lowest BCUT2D eigenvalue weighted by molar-refractivity contribution is 0.245. The lowest BCUT2D eigenvalue weighted by atomic mass is 10.0. The smallest absolute Gasteiger partial charge is 0.123 e. The Morgan fingerprint density at radius 2 is 1.94 bits per heavy atom. The zero-order chi connectivity index (χ0) is 11.4. The van der Waals surface area contributed by atoms with E-state index in [1.54, 1.807) is 12.1 Å². The Morgan fingerprint density at radius 1 is 1.25 bits per heavy atom. The summed E-state index contributed by atoms with van der Waals surface area (Å²) in [6.07, 6.45) is 3.32. The fourth-order valence-corrected chi connectivity index (χ4v) is 2.00. The van der Waals surface area contributed by atoms with E-state index in [1.807, 2.05) is 0 Å². The van der Waals surface area contributed by atoms with E-state index in [4.69, 9.17) is 5.11 Å². The van der Waals surface area contributed by atoms with Crippen LogP contribution >= 0.6 is 0 Å². The second kappa shape index (κ2) is 4.93. The number of rotatable bonds is 6. The number of hydrogen-bond donors (Lipinski definition) is 2. The van der Waals surface area contributed by atoms with Crippen LogP contribution in [0.4, 0.5) is 4.39 Å². The summed E-state index contributed by atoms with van der Waals surface area (Å²) in [5, 5.41) is 12.3. The molecule has 0 radical (unpaired) electrons. The van der Waals surface area contributed by atoms with Gasteiger partial charge in [-0.2, -0.15) is 0 Å². The summed E-state index contributed by atoms with van der Waals surface area (Å²) in [7, 11) is 0. The molecule has 0 amide bonds. The van der Waals surface area contributed by atoms with Gasteiger partial charge in [0, 0.05) is 19.7 Å². The number of benzene rings is 1. The fraction of sp³-hybridized carbons (Fsp3) is 0.538. The number of hydrogen-bond acceptors (Lipinski definition) is 2. The van der Waals surface area contributed by atoms with Gasteiger partial charge in [0.2, 0.25) is 0 Å². The molecule has 1 fully saturated rings. The number of aliphatic hydroxyl groups excluding tert-OH is 1. The van der Waals surface area contributed by atoms with Crippen LogP contribution < -0.4 is 5.32 Å². The van der Waals surface area contributed by atoms with Crippen molar-refractivity contribution in [2.75, 3.05) is 13.2 Å². The number of nitrogens with one attached hydrogen (secondary N) is 1. The molecule has 1 aromatic rings. The average Bonchev–Trinajstić information content (AvgIpc) is 3.02. The van der Waals surface area contributed by atoms with Gasteiger partial charge in [-0.05, 0) is 42.4 Å². The Kier molecular flexibility index (Phi) is 3.56. The lowest BCUT2D eigenvalue weighted by Crippen LogP contribution is -2.24. The van der Waals surface area contributed by atoms with Gasteiger partial charge in [0.05, 0.1) is 0 Å². The van der Waals surface area contributed by atoms with Crippen LogP contribution in [-0.4, -0.2) is 18.3 Å². The van der Waals surface area contributed by atoms with Crippen molar-refractivity contribution in [3.8, 4) is 0 Å². The maximum atomic E-state index is 12.7. The Morgan fingerprint density at radius 3 is 2.50 bits per heavy atom. The first-order valence-electron chi connectivity index (χ1n) is 5.80. The molecule has 16 heavy (non-hydrogen) atoms. The normalized spacial score (nSPS) is 17.4. The highest BCUT2D eigenvalue weighted by atomic mass is 19.1. The third-order valence-electron chi connectivity index (χ3n) is 3.34. The van der Waals surface area contributed by atoms with Gasteiger partial charge < -0.3 is 10.4 Å². The van der Waals surface area contributed by atoms with Crippen molar-refractivity contribution in [1.82, 2.24) is 5.32 Å². The summed E-state index contributed by atoms with van der Waals surface area (Å²) in [5.41, 5.74) is 1.44. The number of halogens is 1. The Bertz CT molecular complexity index is 332. The first-order chi connectivity index (χ1) is 7.74. The van der Waals surface area contributed by atoms with E-state index in [9.17, 15) is 4.39 Å². The highest BCUT2D eigenvalue weighted by molar-refractivity contribution is 5.15. The van der Waals surface area contributed by atoms with E-state index in [0.717, 1.165) is 25.1 Å². The Hall–Kier alpha value is -0.930. The van der Waals surface area contributed by atoms with E-state index < -0.39 is 0 Å². The maximum absolute atomic E-state index is 12.7. The first kappa shape index (κ1) is 11.6. The van der Waals surface area contributed by atoms with Crippen LogP contribution in [0.5, 0.6) is 0 Å². The summed E-state index contributed by atoms with van der Waals surface area (Å²) in [6, 6.07) is 6.57. The topological polar surface area (TPSA) is 32.3 Å². The molecule has 0 saturated heterocycles. The summed E-state index contributed by atoms with van der Waals surface area (Å²) in [4.78, 5) is 0. The highest BCUT2D eigenvalue weighted by Gasteiger charge is 2.41. The van der Waals surface area contributed by atoms with Crippen LogP contribution in [0, 0.1) is 11.2 Å². The van der Waals surface area contributed by atoms with Gasteiger partial charge in [0.15, 0.2) is 0 Å². The van der Waals surface area contributed by atoms with E-state index in [-0.39, 0.29) is 12.4 Å². The van der Waals surface area contributed by atoms with Crippen LogP contribution in [0.3, 0.4) is 0 Å². The monoisotopic (exact) mass is 223 g/mol. The van der Waals surface area contributed by atoms with Crippen molar-refractivity contribution < 1.29 is 9.50 Å². The molecule has 0 unspecified atom stereocenters. The van der Waals surface area contributed by atoms with Crippen LogP contribution in [-0.2, 0) is 6.54 Å². The second-order valence-electron chi connectivity index (χ2n) is 4.70. The van der Waals surface area contributed by atoms with Crippen molar-refractivity contribution in [3.63, 3.8) is 0 Å². The van der Waals surface area contributed by atoms with E-state index >= 15 is 0 Å². The second-order valence-corrected chi connectivity index (χ2v) is 4.70. The SMILES string of the molecule is OCCC1(CNCc2ccc(F)cc2)CC1. The summed E-state index contributed by atoms with van der Waals surface area (Å²) in [6.45, 7) is 2.00.